The molecule has 0 amide bonds. The van der Waals surface area contributed by atoms with E-state index in [-0.39, 0.29) is 26.7 Å². The van der Waals surface area contributed by atoms with Crippen LogP contribution in [0.3, 0.4) is 0 Å². The molecule has 8 heteroatoms. The first-order valence-electron chi connectivity index (χ1n) is 9.17. The SMILES string of the molecule is Cc1c(S(=O)(=O)O)ccc2c1c(=O)c1cc3[nH]c4ccccc4c(=O)c3cc1n2C. The van der Waals surface area contributed by atoms with Crippen molar-refractivity contribution in [2.24, 2.45) is 7.05 Å². The Hall–Kier alpha value is -3.49. The van der Waals surface area contributed by atoms with Gasteiger partial charge in [-0.2, -0.15) is 8.42 Å². The molecule has 3 aromatic carbocycles. The zero-order chi connectivity index (χ0) is 21.4. The van der Waals surface area contributed by atoms with E-state index in [2.05, 4.69) is 4.98 Å². The molecule has 0 fully saturated rings. The Morgan fingerprint density at radius 1 is 0.867 bits per heavy atom. The van der Waals surface area contributed by atoms with E-state index in [1.54, 1.807) is 41.9 Å². The second kappa shape index (κ2) is 6.01. The van der Waals surface area contributed by atoms with Crippen molar-refractivity contribution in [3.05, 3.63) is 74.5 Å². The van der Waals surface area contributed by atoms with Crippen LogP contribution in [0.15, 0.2) is 63.0 Å². The minimum Gasteiger partial charge on any atom is -0.354 e. The second-order valence-electron chi connectivity index (χ2n) is 7.36. The number of pyridine rings is 2. The number of benzene rings is 3. The molecule has 2 heterocycles. The zero-order valence-electron chi connectivity index (χ0n) is 16.1. The summed E-state index contributed by atoms with van der Waals surface area (Å²) in [5.41, 5.74) is 1.94. The van der Waals surface area contributed by atoms with E-state index in [0.29, 0.717) is 38.2 Å². The molecule has 0 radical (unpaired) electrons. The van der Waals surface area contributed by atoms with Crippen LogP contribution >= 0.6 is 0 Å². The van der Waals surface area contributed by atoms with E-state index in [4.69, 9.17) is 0 Å². The highest BCUT2D eigenvalue weighted by Crippen LogP contribution is 2.27. The van der Waals surface area contributed by atoms with Crippen molar-refractivity contribution >= 4 is 53.7 Å². The van der Waals surface area contributed by atoms with Crippen LogP contribution < -0.4 is 10.9 Å². The summed E-state index contributed by atoms with van der Waals surface area (Å²) >= 11 is 0. The average molecular weight is 420 g/mol. The molecule has 0 bridgehead atoms. The lowest BCUT2D eigenvalue weighted by Crippen LogP contribution is -2.14. The van der Waals surface area contributed by atoms with Crippen LogP contribution in [0.1, 0.15) is 5.56 Å². The summed E-state index contributed by atoms with van der Waals surface area (Å²) < 4.78 is 34.7. The fraction of sp³-hybridized carbons (Fsp3) is 0.0909. The van der Waals surface area contributed by atoms with Crippen LogP contribution in [-0.4, -0.2) is 22.5 Å². The van der Waals surface area contributed by atoms with Gasteiger partial charge >= 0.3 is 0 Å². The molecule has 0 unspecified atom stereocenters. The average Bonchev–Trinajstić information content (AvgIpc) is 2.70. The maximum Gasteiger partial charge on any atom is 0.294 e. The Morgan fingerprint density at radius 2 is 1.60 bits per heavy atom. The monoisotopic (exact) mass is 420 g/mol. The number of fused-ring (bicyclic) bond motifs is 4. The minimum atomic E-state index is -4.47. The molecule has 0 saturated carbocycles. The molecule has 0 saturated heterocycles. The van der Waals surface area contributed by atoms with Crippen molar-refractivity contribution in [3.8, 4) is 0 Å². The van der Waals surface area contributed by atoms with Gasteiger partial charge in [-0.3, -0.25) is 14.1 Å². The fourth-order valence-corrected chi connectivity index (χ4v) is 4.94. The van der Waals surface area contributed by atoms with Gasteiger partial charge in [-0.15, -0.1) is 0 Å². The summed E-state index contributed by atoms with van der Waals surface area (Å²) in [4.78, 5) is 29.3. The predicted octanol–water partition coefficient (Wildman–Crippen LogP) is 3.24. The maximum atomic E-state index is 13.4. The van der Waals surface area contributed by atoms with Gasteiger partial charge in [-0.05, 0) is 48.9 Å². The molecular weight excluding hydrogens is 404 g/mol. The van der Waals surface area contributed by atoms with Gasteiger partial charge in [0, 0.05) is 28.7 Å². The molecular formula is C22H16N2O5S. The second-order valence-corrected chi connectivity index (χ2v) is 8.75. The molecule has 7 nitrogen and oxygen atoms in total. The number of hydrogen-bond acceptors (Lipinski definition) is 4. The van der Waals surface area contributed by atoms with Crippen LogP contribution in [-0.2, 0) is 17.2 Å². The first-order valence-corrected chi connectivity index (χ1v) is 10.6. The predicted molar refractivity (Wildman–Crippen MR) is 117 cm³/mol. The summed E-state index contributed by atoms with van der Waals surface area (Å²) in [7, 11) is -2.72. The number of para-hydroxylation sites is 1. The lowest BCUT2D eigenvalue weighted by Gasteiger charge is -2.14. The van der Waals surface area contributed by atoms with Crippen LogP contribution in [0.2, 0.25) is 0 Å². The Morgan fingerprint density at radius 3 is 2.33 bits per heavy atom. The smallest absolute Gasteiger partial charge is 0.294 e. The van der Waals surface area contributed by atoms with Gasteiger partial charge < -0.3 is 9.55 Å². The molecule has 0 aliphatic heterocycles. The van der Waals surface area contributed by atoms with Crippen molar-refractivity contribution < 1.29 is 13.0 Å². The zero-order valence-corrected chi connectivity index (χ0v) is 16.9. The summed E-state index contributed by atoms with van der Waals surface area (Å²) in [6.45, 7) is 1.50. The number of aromatic amines is 1. The van der Waals surface area contributed by atoms with Crippen molar-refractivity contribution in [3.63, 3.8) is 0 Å². The molecule has 150 valence electrons. The molecule has 30 heavy (non-hydrogen) atoms. The van der Waals surface area contributed by atoms with Gasteiger partial charge in [0.05, 0.1) is 26.8 Å². The molecule has 5 aromatic rings. The first-order chi connectivity index (χ1) is 14.2. The molecule has 0 aliphatic rings. The van der Waals surface area contributed by atoms with E-state index in [9.17, 15) is 22.6 Å². The first kappa shape index (κ1) is 18.5. The van der Waals surface area contributed by atoms with Crippen molar-refractivity contribution in [1.82, 2.24) is 9.55 Å². The standard InChI is InChI=1S/C22H16N2O5S/c1-11-19(30(27,28)29)8-7-17-20(11)22(26)14-9-16-13(10-18(14)24(17)2)21(25)12-5-3-4-6-15(12)23-16/h3-10H,1-2H3,(H,23,25)(H,27,28,29). The molecule has 2 aromatic heterocycles. The number of aryl methyl sites for hydroxylation is 2. The highest BCUT2D eigenvalue weighted by atomic mass is 32.2. The van der Waals surface area contributed by atoms with E-state index < -0.39 is 10.1 Å². The van der Waals surface area contributed by atoms with Crippen molar-refractivity contribution in [2.45, 2.75) is 11.8 Å². The van der Waals surface area contributed by atoms with Gasteiger partial charge in [0.2, 0.25) is 0 Å². The third-order valence-corrected chi connectivity index (χ3v) is 6.69. The third-order valence-electron chi connectivity index (χ3n) is 5.69. The summed E-state index contributed by atoms with van der Waals surface area (Å²) in [5.74, 6) is 0. The summed E-state index contributed by atoms with van der Waals surface area (Å²) in [6.07, 6.45) is 0. The molecule has 0 aliphatic carbocycles. The molecule has 2 N–H and O–H groups in total. The number of aromatic nitrogens is 2. The Bertz CT molecular complexity index is 1780. The number of nitrogens with zero attached hydrogens (tertiary/aromatic N) is 1. The molecule has 0 spiro atoms. The topological polar surface area (TPSA) is 109 Å². The van der Waals surface area contributed by atoms with E-state index >= 15 is 0 Å². The van der Waals surface area contributed by atoms with Crippen LogP contribution in [0.25, 0.3) is 43.6 Å². The van der Waals surface area contributed by atoms with Gasteiger partial charge in [0.1, 0.15) is 0 Å². The van der Waals surface area contributed by atoms with Crippen LogP contribution in [0.5, 0.6) is 0 Å². The Kier molecular flexibility index (Phi) is 3.71. The van der Waals surface area contributed by atoms with Crippen LogP contribution in [0.4, 0.5) is 0 Å². The van der Waals surface area contributed by atoms with E-state index in [1.807, 2.05) is 6.07 Å². The quantitative estimate of drug-likeness (QED) is 0.320. The fourth-order valence-electron chi connectivity index (χ4n) is 4.21. The normalized spacial score (nSPS) is 12.4. The van der Waals surface area contributed by atoms with Gasteiger partial charge in [-0.25, -0.2) is 0 Å². The van der Waals surface area contributed by atoms with Gasteiger partial charge in [-0.1, -0.05) is 12.1 Å². The largest absolute Gasteiger partial charge is 0.354 e. The highest BCUT2D eigenvalue weighted by Gasteiger charge is 2.20. The number of H-pyrrole nitrogens is 1. The summed E-state index contributed by atoms with van der Waals surface area (Å²) in [6, 6.07) is 13.2. The third kappa shape index (κ3) is 2.44. The highest BCUT2D eigenvalue weighted by molar-refractivity contribution is 7.85. The number of hydrogen-bond donors (Lipinski definition) is 2. The van der Waals surface area contributed by atoms with Crippen molar-refractivity contribution in [2.75, 3.05) is 0 Å². The van der Waals surface area contributed by atoms with Crippen LogP contribution in [0, 0.1) is 6.92 Å². The van der Waals surface area contributed by atoms with E-state index in [1.165, 1.54) is 19.1 Å². The summed E-state index contributed by atoms with van der Waals surface area (Å²) in [5, 5.41) is 1.58. The lowest BCUT2D eigenvalue weighted by molar-refractivity contribution is 0.482. The van der Waals surface area contributed by atoms with Gasteiger partial charge in [0.25, 0.3) is 10.1 Å². The Labute approximate surface area is 169 Å². The maximum absolute atomic E-state index is 13.4. The Balaban J connectivity index is 2.03. The lowest BCUT2D eigenvalue weighted by atomic mass is 10.0. The molecule has 5 rings (SSSR count). The number of rotatable bonds is 1. The van der Waals surface area contributed by atoms with Crippen molar-refractivity contribution in [1.29, 1.82) is 0 Å². The minimum absolute atomic E-state index is 0.133. The van der Waals surface area contributed by atoms with Gasteiger partial charge in [0.15, 0.2) is 10.9 Å². The number of nitrogens with one attached hydrogen (secondary N) is 1. The van der Waals surface area contributed by atoms with E-state index in [0.717, 1.165) is 0 Å². The molecule has 0 atom stereocenters.